The van der Waals surface area contributed by atoms with Crippen LogP contribution in [0.1, 0.15) is 27.6 Å². The lowest BCUT2D eigenvalue weighted by molar-refractivity contribution is -0.132. The van der Waals surface area contributed by atoms with Gasteiger partial charge in [-0.3, -0.25) is 19.4 Å². The normalized spacial score (nSPS) is 16.4. The van der Waals surface area contributed by atoms with Gasteiger partial charge in [-0.25, -0.2) is 8.42 Å². The Morgan fingerprint density at radius 2 is 1.73 bits per heavy atom. The molecule has 10 heteroatoms. The smallest absolute Gasteiger partial charge is 0.257 e. The summed E-state index contributed by atoms with van der Waals surface area (Å²) in [5, 5.41) is 5.32. The highest BCUT2D eigenvalue weighted by molar-refractivity contribution is 7.91. The first-order valence-electron chi connectivity index (χ1n) is 9.37. The molecule has 0 saturated carbocycles. The van der Waals surface area contributed by atoms with Crippen LogP contribution in [-0.2, 0) is 14.6 Å². The second kappa shape index (κ2) is 9.04. The minimum atomic E-state index is -3.10. The fourth-order valence-corrected chi connectivity index (χ4v) is 4.19. The van der Waals surface area contributed by atoms with Gasteiger partial charge in [-0.2, -0.15) is 0 Å². The number of pyridine rings is 1. The molecule has 1 aliphatic rings. The molecule has 1 atom stereocenters. The monoisotopic (exact) mass is 430 g/mol. The number of amides is 3. The average molecular weight is 430 g/mol. The third-order valence-corrected chi connectivity index (χ3v) is 6.29. The zero-order valence-electron chi connectivity index (χ0n) is 16.4. The maximum absolute atomic E-state index is 12.6. The van der Waals surface area contributed by atoms with Crippen molar-refractivity contribution in [2.75, 3.05) is 29.9 Å². The molecule has 0 radical (unpaired) electrons. The Kier molecular flexibility index (Phi) is 6.46. The number of anilines is 1. The van der Waals surface area contributed by atoms with Crippen LogP contribution in [0, 0.1) is 0 Å². The summed E-state index contributed by atoms with van der Waals surface area (Å²) < 4.78 is 23.0. The number of carbonyl (C=O) groups is 3. The molecule has 2 heterocycles. The zero-order valence-corrected chi connectivity index (χ0v) is 17.2. The lowest BCUT2D eigenvalue weighted by Gasteiger charge is -2.29. The molecule has 1 unspecified atom stereocenters. The molecule has 0 spiro atoms. The summed E-state index contributed by atoms with van der Waals surface area (Å²) in [4.78, 5) is 42.6. The van der Waals surface area contributed by atoms with Crippen LogP contribution in [-0.4, -0.2) is 66.7 Å². The Balaban J connectivity index is 1.61. The van der Waals surface area contributed by atoms with Crippen LogP contribution in [0.15, 0.2) is 48.8 Å². The van der Waals surface area contributed by atoms with Crippen LogP contribution < -0.4 is 10.6 Å². The van der Waals surface area contributed by atoms with Crippen molar-refractivity contribution in [1.82, 2.24) is 15.2 Å². The lowest BCUT2D eigenvalue weighted by Crippen LogP contribution is -2.51. The molecule has 1 saturated heterocycles. The molecule has 9 nitrogen and oxygen atoms in total. The third-order valence-electron chi connectivity index (χ3n) is 4.68. The van der Waals surface area contributed by atoms with Gasteiger partial charge < -0.3 is 15.5 Å². The highest BCUT2D eigenvalue weighted by Crippen LogP contribution is 2.13. The third kappa shape index (κ3) is 5.41. The SMILES string of the molecule is CC(NC(=O)c1cccc(NC(=O)c2cccnc2)c1)C(=O)N1CCS(=O)(=O)CC1. The molecule has 3 amide bonds. The summed E-state index contributed by atoms with van der Waals surface area (Å²) in [6.07, 6.45) is 3.00. The van der Waals surface area contributed by atoms with Gasteiger partial charge in [-0.1, -0.05) is 6.07 Å². The van der Waals surface area contributed by atoms with Crippen molar-refractivity contribution >= 4 is 33.2 Å². The highest BCUT2D eigenvalue weighted by Gasteiger charge is 2.28. The van der Waals surface area contributed by atoms with Gasteiger partial charge in [0.25, 0.3) is 11.8 Å². The van der Waals surface area contributed by atoms with Crippen LogP contribution in [0.2, 0.25) is 0 Å². The van der Waals surface area contributed by atoms with Gasteiger partial charge in [0, 0.05) is 36.7 Å². The van der Waals surface area contributed by atoms with E-state index in [1.165, 1.54) is 17.2 Å². The molecule has 1 aliphatic heterocycles. The van der Waals surface area contributed by atoms with Gasteiger partial charge in [-0.05, 0) is 37.3 Å². The maximum atomic E-state index is 12.6. The first-order valence-corrected chi connectivity index (χ1v) is 11.2. The number of hydrogen-bond donors (Lipinski definition) is 2. The zero-order chi connectivity index (χ0) is 21.7. The van der Waals surface area contributed by atoms with E-state index >= 15 is 0 Å². The number of benzene rings is 1. The molecular weight excluding hydrogens is 408 g/mol. The standard InChI is InChI=1S/C20H22N4O5S/c1-14(20(27)24-8-10-30(28,29)11-9-24)22-18(25)15-4-2-6-17(12-15)23-19(26)16-5-3-7-21-13-16/h2-7,12-14H,8-11H2,1H3,(H,22,25)(H,23,26). The molecule has 3 rings (SSSR count). The first-order chi connectivity index (χ1) is 14.2. The summed E-state index contributed by atoms with van der Waals surface area (Å²) in [5.41, 5.74) is 1.09. The number of aromatic nitrogens is 1. The largest absolute Gasteiger partial charge is 0.341 e. The van der Waals surface area contributed by atoms with Crippen LogP contribution in [0.4, 0.5) is 5.69 Å². The number of carbonyl (C=O) groups excluding carboxylic acids is 3. The van der Waals surface area contributed by atoms with E-state index in [0.29, 0.717) is 11.3 Å². The fourth-order valence-electron chi connectivity index (χ4n) is 2.99. The van der Waals surface area contributed by atoms with Crippen molar-refractivity contribution in [3.05, 3.63) is 59.9 Å². The molecule has 30 heavy (non-hydrogen) atoms. The molecule has 1 fully saturated rings. The van der Waals surface area contributed by atoms with Gasteiger partial charge in [-0.15, -0.1) is 0 Å². The minimum Gasteiger partial charge on any atom is -0.341 e. The van der Waals surface area contributed by atoms with Gasteiger partial charge in [0.1, 0.15) is 6.04 Å². The van der Waals surface area contributed by atoms with Crippen molar-refractivity contribution < 1.29 is 22.8 Å². The molecule has 2 aromatic rings. The predicted molar refractivity (Wildman–Crippen MR) is 111 cm³/mol. The Labute approximate surface area is 174 Å². The van der Waals surface area contributed by atoms with E-state index in [9.17, 15) is 22.8 Å². The van der Waals surface area contributed by atoms with Crippen LogP contribution in [0.5, 0.6) is 0 Å². The molecule has 1 aromatic carbocycles. The Hall–Kier alpha value is -3.27. The van der Waals surface area contributed by atoms with E-state index in [1.807, 2.05) is 0 Å². The summed E-state index contributed by atoms with van der Waals surface area (Å²) in [5.74, 6) is -1.31. The number of sulfone groups is 1. The van der Waals surface area contributed by atoms with E-state index in [-0.39, 0.29) is 42.0 Å². The van der Waals surface area contributed by atoms with E-state index in [4.69, 9.17) is 0 Å². The van der Waals surface area contributed by atoms with Gasteiger partial charge >= 0.3 is 0 Å². The average Bonchev–Trinajstić information content (AvgIpc) is 2.74. The van der Waals surface area contributed by atoms with E-state index in [0.717, 1.165) is 0 Å². The number of nitrogens with zero attached hydrogens (tertiary/aromatic N) is 2. The van der Waals surface area contributed by atoms with Crippen molar-refractivity contribution in [3.63, 3.8) is 0 Å². The van der Waals surface area contributed by atoms with E-state index in [1.54, 1.807) is 43.5 Å². The quantitative estimate of drug-likeness (QED) is 0.720. The molecule has 0 bridgehead atoms. The van der Waals surface area contributed by atoms with Crippen molar-refractivity contribution in [1.29, 1.82) is 0 Å². The first kappa shape index (κ1) is 21.4. The lowest BCUT2D eigenvalue weighted by atomic mass is 10.1. The van der Waals surface area contributed by atoms with Gasteiger partial charge in [0.15, 0.2) is 9.84 Å². The Bertz CT molecular complexity index is 1040. The van der Waals surface area contributed by atoms with Crippen LogP contribution >= 0.6 is 0 Å². The summed E-state index contributed by atoms with van der Waals surface area (Å²) in [6, 6.07) is 8.80. The van der Waals surface area contributed by atoms with Crippen LogP contribution in [0.25, 0.3) is 0 Å². The second-order valence-corrected chi connectivity index (χ2v) is 9.25. The summed E-state index contributed by atoms with van der Waals surface area (Å²) in [6.45, 7) is 1.80. The predicted octanol–water partition coefficient (Wildman–Crippen LogP) is 0.709. The maximum Gasteiger partial charge on any atom is 0.257 e. The number of hydrogen-bond acceptors (Lipinski definition) is 6. The highest BCUT2D eigenvalue weighted by atomic mass is 32.2. The molecule has 2 N–H and O–H groups in total. The number of nitrogens with one attached hydrogen (secondary N) is 2. The molecular formula is C20H22N4O5S. The molecule has 158 valence electrons. The summed E-state index contributed by atoms with van der Waals surface area (Å²) in [7, 11) is -3.10. The Morgan fingerprint density at radius 3 is 2.40 bits per heavy atom. The van der Waals surface area contributed by atoms with Gasteiger partial charge in [0.2, 0.25) is 5.91 Å². The van der Waals surface area contributed by atoms with E-state index in [2.05, 4.69) is 15.6 Å². The topological polar surface area (TPSA) is 126 Å². The van der Waals surface area contributed by atoms with Crippen molar-refractivity contribution in [2.45, 2.75) is 13.0 Å². The fraction of sp³-hybridized carbons (Fsp3) is 0.300. The summed E-state index contributed by atoms with van der Waals surface area (Å²) >= 11 is 0. The molecule has 0 aliphatic carbocycles. The molecule has 1 aromatic heterocycles. The van der Waals surface area contributed by atoms with Gasteiger partial charge in [0.05, 0.1) is 17.1 Å². The second-order valence-electron chi connectivity index (χ2n) is 6.95. The van der Waals surface area contributed by atoms with E-state index < -0.39 is 21.8 Å². The van der Waals surface area contributed by atoms with Crippen molar-refractivity contribution in [3.8, 4) is 0 Å². The minimum absolute atomic E-state index is 0.0713. The van der Waals surface area contributed by atoms with Crippen molar-refractivity contribution in [2.24, 2.45) is 0 Å². The Morgan fingerprint density at radius 1 is 1.03 bits per heavy atom. The van der Waals surface area contributed by atoms with Crippen LogP contribution in [0.3, 0.4) is 0 Å². The number of rotatable bonds is 5.